The SMILES string of the molecule is O=C(NC(c1cccnc1)c1cc2ccccc2o1)C(F)(F)F. The molecule has 3 aromatic rings. The topological polar surface area (TPSA) is 55.1 Å². The maximum absolute atomic E-state index is 12.6. The number of pyridine rings is 1. The van der Waals surface area contributed by atoms with E-state index in [9.17, 15) is 18.0 Å². The molecular formula is C16H11F3N2O2. The Hall–Kier alpha value is -2.83. The molecular weight excluding hydrogens is 309 g/mol. The summed E-state index contributed by atoms with van der Waals surface area (Å²) < 4.78 is 43.3. The quantitative estimate of drug-likeness (QED) is 0.802. The third-order valence-electron chi connectivity index (χ3n) is 3.28. The van der Waals surface area contributed by atoms with Gasteiger partial charge in [-0.3, -0.25) is 9.78 Å². The van der Waals surface area contributed by atoms with Crippen molar-refractivity contribution in [1.82, 2.24) is 10.3 Å². The number of nitrogens with one attached hydrogen (secondary N) is 1. The molecule has 0 aliphatic carbocycles. The molecule has 4 nitrogen and oxygen atoms in total. The number of fused-ring (bicyclic) bond motifs is 1. The van der Waals surface area contributed by atoms with Gasteiger partial charge in [-0.2, -0.15) is 13.2 Å². The Kier molecular flexibility index (Phi) is 3.77. The van der Waals surface area contributed by atoms with Gasteiger partial charge in [0.2, 0.25) is 0 Å². The second-order valence-electron chi connectivity index (χ2n) is 4.88. The number of aromatic nitrogens is 1. The van der Waals surface area contributed by atoms with Crippen molar-refractivity contribution in [3.8, 4) is 0 Å². The van der Waals surface area contributed by atoms with Crippen molar-refractivity contribution in [3.63, 3.8) is 0 Å². The van der Waals surface area contributed by atoms with Gasteiger partial charge in [0.1, 0.15) is 17.4 Å². The van der Waals surface area contributed by atoms with Gasteiger partial charge in [-0.1, -0.05) is 24.3 Å². The molecule has 0 bridgehead atoms. The van der Waals surface area contributed by atoms with E-state index >= 15 is 0 Å². The second kappa shape index (κ2) is 5.75. The summed E-state index contributed by atoms with van der Waals surface area (Å²) in [5.41, 5.74) is 0.918. The standard InChI is InChI=1S/C16H11F3N2O2/c17-16(18,19)15(22)21-14(11-5-3-7-20-9-11)13-8-10-4-1-2-6-12(10)23-13/h1-9,14H,(H,21,22). The number of hydrogen-bond acceptors (Lipinski definition) is 3. The van der Waals surface area contributed by atoms with E-state index in [4.69, 9.17) is 4.42 Å². The van der Waals surface area contributed by atoms with Crippen molar-refractivity contribution in [2.45, 2.75) is 12.2 Å². The number of hydrogen-bond donors (Lipinski definition) is 1. The highest BCUT2D eigenvalue weighted by Crippen LogP contribution is 2.29. The first-order chi connectivity index (χ1) is 10.9. The van der Waals surface area contributed by atoms with Gasteiger partial charge >= 0.3 is 12.1 Å². The Morgan fingerprint density at radius 2 is 1.96 bits per heavy atom. The van der Waals surface area contributed by atoms with E-state index < -0.39 is 18.1 Å². The minimum Gasteiger partial charge on any atom is -0.459 e. The molecule has 0 saturated carbocycles. The molecule has 1 atom stereocenters. The van der Waals surface area contributed by atoms with Gasteiger partial charge in [0.15, 0.2) is 0 Å². The summed E-state index contributed by atoms with van der Waals surface area (Å²) in [5.74, 6) is -1.83. The van der Waals surface area contributed by atoms with Crippen LogP contribution in [0.4, 0.5) is 13.2 Å². The molecule has 1 aromatic carbocycles. The summed E-state index contributed by atoms with van der Waals surface area (Å²) in [7, 11) is 0. The molecule has 0 saturated heterocycles. The minimum absolute atomic E-state index is 0.205. The number of para-hydroxylation sites is 1. The molecule has 23 heavy (non-hydrogen) atoms. The number of amides is 1. The Labute approximate surface area is 128 Å². The highest BCUT2D eigenvalue weighted by molar-refractivity contribution is 5.83. The van der Waals surface area contributed by atoms with E-state index in [1.807, 2.05) is 5.32 Å². The Morgan fingerprint density at radius 3 is 2.61 bits per heavy atom. The molecule has 2 aromatic heterocycles. The lowest BCUT2D eigenvalue weighted by atomic mass is 10.1. The zero-order valence-electron chi connectivity index (χ0n) is 11.7. The molecule has 1 N–H and O–H groups in total. The Balaban J connectivity index is 2.02. The summed E-state index contributed by atoms with van der Waals surface area (Å²) >= 11 is 0. The molecule has 0 aliphatic heterocycles. The highest BCUT2D eigenvalue weighted by atomic mass is 19.4. The summed E-state index contributed by atoms with van der Waals surface area (Å²) in [6.07, 6.45) is -2.11. The largest absolute Gasteiger partial charge is 0.471 e. The third kappa shape index (κ3) is 3.18. The monoisotopic (exact) mass is 320 g/mol. The number of rotatable bonds is 3. The predicted octanol–water partition coefficient (Wildman–Crippen LogP) is 3.60. The molecule has 1 amide bonds. The zero-order valence-corrected chi connectivity index (χ0v) is 11.7. The summed E-state index contributed by atoms with van der Waals surface area (Å²) in [6.45, 7) is 0. The van der Waals surface area contributed by atoms with Crippen molar-refractivity contribution in [3.05, 3.63) is 66.2 Å². The van der Waals surface area contributed by atoms with Crippen LogP contribution in [-0.4, -0.2) is 17.1 Å². The van der Waals surface area contributed by atoms with Gasteiger partial charge in [-0.25, -0.2) is 0 Å². The highest BCUT2D eigenvalue weighted by Gasteiger charge is 2.40. The lowest BCUT2D eigenvalue weighted by Crippen LogP contribution is -2.39. The number of carbonyl (C=O) groups is 1. The van der Waals surface area contributed by atoms with Gasteiger partial charge in [0.25, 0.3) is 0 Å². The summed E-state index contributed by atoms with van der Waals surface area (Å²) in [5, 5.41) is 2.69. The van der Waals surface area contributed by atoms with Gasteiger partial charge in [0, 0.05) is 23.3 Å². The smallest absolute Gasteiger partial charge is 0.459 e. The van der Waals surface area contributed by atoms with E-state index in [0.717, 1.165) is 5.39 Å². The molecule has 0 fully saturated rings. The van der Waals surface area contributed by atoms with Crippen LogP contribution in [0.5, 0.6) is 0 Å². The van der Waals surface area contributed by atoms with Gasteiger partial charge < -0.3 is 9.73 Å². The predicted molar refractivity (Wildman–Crippen MR) is 76.5 cm³/mol. The average Bonchev–Trinajstić information content (AvgIpc) is 2.95. The van der Waals surface area contributed by atoms with Crippen LogP contribution in [0.2, 0.25) is 0 Å². The number of halogens is 3. The second-order valence-corrected chi connectivity index (χ2v) is 4.88. The normalized spacial score (nSPS) is 13.0. The molecule has 118 valence electrons. The fourth-order valence-corrected chi connectivity index (χ4v) is 2.22. The summed E-state index contributed by atoms with van der Waals surface area (Å²) in [4.78, 5) is 15.2. The van der Waals surface area contributed by atoms with Crippen LogP contribution >= 0.6 is 0 Å². The van der Waals surface area contributed by atoms with Crippen molar-refractivity contribution in [1.29, 1.82) is 0 Å². The van der Waals surface area contributed by atoms with Gasteiger partial charge in [-0.15, -0.1) is 0 Å². The zero-order chi connectivity index (χ0) is 16.4. The Bertz CT molecular complexity index is 795. The van der Waals surface area contributed by atoms with Crippen LogP contribution in [0.25, 0.3) is 11.0 Å². The molecule has 0 radical (unpaired) electrons. The maximum atomic E-state index is 12.6. The maximum Gasteiger partial charge on any atom is 0.471 e. The third-order valence-corrected chi connectivity index (χ3v) is 3.28. The fraction of sp³-hybridized carbons (Fsp3) is 0.125. The van der Waals surface area contributed by atoms with Crippen LogP contribution in [0.1, 0.15) is 17.4 Å². The number of carbonyl (C=O) groups excluding carboxylic acids is 1. The van der Waals surface area contributed by atoms with Crippen LogP contribution in [0.3, 0.4) is 0 Å². The van der Waals surface area contributed by atoms with E-state index in [0.29, 0.717) is 11.1 Å². The first-order valence-corrected chi connectivity index (χ1v) is 6.71. The van der Waals surface area contributed by atoms with Crippen LogP contribution in [0.15, 0.2) is 59.3 Å². The lowest BCUT2D eigenvalue weighted by molar-refractivity contribution is -0.174. The molecule has 0 spiro atoms. The van der Waals surface area contributed by atoms with E-state index in [1.54, 1.807) is 42.5 Å². The number of furan rings is 1. The van der Waals surface area contributed by atoms with Crippen LogP contribution in [-0.2, 0) is 4.79 Å². The van der Waals surface area contributed by atoms with Crippen molar-refractivity contribution in [2.75, 3.05) is 0 Å². The van der Waals surface area contributed by atoms with E-state index in [2.05, 4.69) is 4.98 Å². The van der Waals surface area contributed by atoms with Crippen LogP contribution < -0.4 is 5.32 Å². The first kappa shape index (κ1) is 15.1. The summed E-state index contributed by atoms with van der Waals surface area (Å²) in [6, 6.07) is 10.7. The number of alkyl halides is 3. The van der Waals surface area contributed by atoms with E-state index in [1.165, 1.54) is 12.4 Å². The molecule has 7 heteroatoms. The Morgan fingerprint density at radius 1 is 1.17 bits per heavy atom. The first-order valence-electron chi connectivity index (χ1n) is 6.71. The van der Waals surface area contributed by atoms with Crippen molar-refractivity contribution < 1.29 is 22.4 Å². The van der Waals surface area contributed by atoms with Crippen molar-refractivity contribution >= 4 is 16.9 Å². The van der Waals surface area contributed by atoms with E-state index in [-0.39, 0.29) is 5.76 Å². The van der Waals surface area contributed by atoms with Gasteiger partial charge in [-0.05, 0) is 18.2 Å². The molecule has 0 aliphatic rings. The molecule has 1 unspecified atom stereocenters. The molecule has 2 heterocycles. The lowest BCUT2D eigenvalue weighted by Gasteiger charge is -2.17. The fourth-order valence-electron chi connectivity index (χ4n) is 2.22. The van der Waals surface area contributed by atoms with Crippen molar-refractivity contribution in [2.24, 2.45) is 0 Å². The minimum atomic E-state index is -4.98. The average molecular weight is 320 g/mol. The van der Waals surface area contributed by atoms with Gasteiger partial charge in [0.05, 0.1) is 0 Å². The molecule has 3 rings (SSSR count). The number of benzene rings is 1. The van der Waals surface area contributed by atoms with Crippen LogP contribution in [0, 0.1) is 0 Å². The number of nitrogens with zero attached hydrogens (tertiary/aromatic N) is 1.